The van der Waals surface area contributed by atoms with Gasteiger partial charge < -0.3 is 20.1 Å². The molecule has 108 valence electrons. The lowest BCUT2D eigenvalue weighted by atomic mass is 10.3. The van der Waals surface area contributed by atoms with Gasteiger partial charge in [0, 0.05) is 12.4 Å². The molecule has 2 heterocycles. The lowest BCUT2D eigenvalue weighted by Gasteiger charge is -2.02. The molecule has 0 saturated carbocycles. The third kappa shape index (κ3) is 3.77. The van der Waals surface area contributed by atoms with E-state index in [1.54, 1.807) is 10.9 Å². The summed E-state index contributed by atoms with van der Waals surface area (Å²) in [5.74, 6) is 0.974. The van der Waals surface area contributed by atoms with E-state index in [0.717, 1.165) is 5.82 Å². The molecule has 8 nitrogen and oxygen atoms in total. The molecule has 0 amide bonds. The van der Waals surface area contributed by atoms with Crippen LogP contribution < -0.4 is 5.73 Å². The molecule has 0 atom stereocenters. The highest BCUT2D eigenvalue weighted by molar-refractivity contribution is 7.55. The Labute approximate surface area is 119 Å². The summed E-state index contributed by atoms with van der Waals surface area (Å²) >= 11 is 5.90. The van der Waals surface area contributed by atoms with Crippen LogP contribution in [0.3, 0.4) is 0 Å². The largest absolute Gasteiger partial charge is 0.368 e. The molecule has 4 N–H and O–H groups in total. The number of nitrogens with two attached hydrogens (primary N) is 1. The third-order valence-electron chi connectivity index (χ3n) is 2.51. The number of unbranched alkanes of at least 4 members (excludes halogenated alkanes) is 1. The number of aryl methyl sites for hydroxylation is 1. The maximum Gasteiger partial charge on any atom is 0.348 e. The highest BCUT2D eigenvalue weighted by Crippen LogP contribution is 2.36. The van der Waals surface area contributed by atoms with Gasteiger partial charge in [-0.15, -0.1) is 0 Å². The van der Waals surface area contributed by atoms with Gasteiger partial charge in [0.25, 0.3) is 0 Å². The molecule has 0 aliphatic rings. The summed E-state index contributed by atoms with van der Waals surface area (Å²) in [5.41, 5.74) is 6.55. The number of hydrogen-bond donors (Lipinski definition) is 3. The van der Waals surface area contributed by atoms with E-state index in [1.807, 2.05) is 0 Å². The van der Waals surface area contributed by atoms with Crippen molar-refractivity contribution in [3.63, 3.8) is 0 Å². The predicted octanol–water partition coefficient (Wildman–Crippen LogP) is 1.53. The van der Waals surface area contributed by atoms with Gasteiger partial charge in [-0.05, 0) is 12.8 Å². The van der Waals surface area contributed by atoms with Crippen molar-refractivity contribution in [2.75, 3.05) is 5.73 Å². The lowest BCUT2D eigenvalue weighted by Crippen LogP contribution is -2.01. The van der Waals surface area contributed by atoms with Crippen LogP contribution in [0.2, 0.25) is 5.15 Å². The number of halogens is 1. The van der Waals surface area contributed by atoms with E-state index in [2.05, 4.69) is 15.0 Å². The highest BCUT2D eigenvalue weighted by atomic mass is 35.5. The van der Waals surface area contributed by atoms with Crippen LogP contribution >= 0.6 is 19.2 Å². The summed E-state index contributed by atoms with van der Waals surface area (Å²) < 4.78 is 12.4. The van der Waals surface area contributed by atoms with E-state index >= 15 is 0 Å². The van der Waals surface area contributed by atoms with Crippen molar-refractivity contribution in [3.8, 4) is 0 Å². The molecule has 10 heteroatoms. The number of anilines is 1. The topological polar surface area (TPSA) is 127 Å². The van der Waals surface area contributed by atoms with Crippen molar-refractivity contribution in [2.24, 2.45) is 0 Å². The van der Waals surface area contributed by atoms with Crippen molar-refractivity contribution in [2.45, 2.75) is 19.4 Å². The molecule has 2 rings (SSSR count). The zero-order valence-corrected chi connectivity index (χ0v) is 12.0. The van der Waals surface area contributed by atoms with Gasteiger partial charge in [0.1, 0.15) is 5.52 Å². The van der Waals surface area contributed by atoms with Crippen molar-refractivity contribution in [1.29, 1.82) is 0 Å². The van der Waals surface area contributed by atoms with Gasteiger partial charge in [-0.3, -0.25) is 4.57 Å². The Kier molecular flexibility index (Phi) is 4.39. The minimum Gasteiger partial charge on any atom is -0.368 e. The zero-order chi connectivity index (χ0) is 14.8. The van der Waals surface area contributed by atoms with Crippen LogP contribution in [0.1, 0.15) is 12.8 Å². The summed E-state index contributed by atoms with van der Waals surface area (Å²) in [6, 6.07) is 0. The third-order valence-corrected chi connectivity index (χ3v) is 3.37. The maximum absolute atomic E-state index is 10.6. The first-order valence-electron chi connectivity index (χ1n) is 5.73. The maximum atomic E-state index is 10.6. The van der Waals surface area contributed by atoms with Crippen LogP contribution in [0.25, 0.3) is 11.2 Å². The minimum absolute atomic E-state index is 0.0747. The van der Waals surface area contributed by atoms with Gasteiger partial charge in [-0.25, -0.2) is 4.98 Å². The summed E-state index contributed by atoms with van der Waals surface area (Å²) in [6.45, 7) is 0.578. The van der Waals surface area contributed by atoms with Gasteiger partial charge in [0.05, 0.1) is 6.33 Å². The molecule has 2 aromatic rings. The fourth-order valence-electron chi connectivity index (χ4n) is 1.68. The molecule has 0 unspecified atom stereocenters. The van der Waals surface area contributed by atoms with Crippen LogP contribution in [0.15, 0.2) is 18.2 Å². The number of hydrogen-bond acceptors (Lipinski definition) is 5. The van der Waals surface area contributed by atoms with Crippen LogP contribution in [-0.4, -0.2) is 29.3 Å². The first kappa shape index (κ1) is 14.9. The molecule has 0 radical (unpaired) electrons. The molecule has 0 aliphatic heterocycles. The van der Waals surface area contributed by atoms with Crippen LogP contribution in [0, 0.1) is 0 Å². The highest BCUT2D eigenvalue weighted by Gasteiger charge is 2.10. The van der Waals surface area contributed by atoms with Crippen molar-refractivity contribution in [1.82, 2.24) is 19.5 Å². The second-order valence-electron chi connectivity index (χ2n) is 4.10. The van der Waals surface area contributed by atoms with Crippen molar-refractivity contribution >= 4 is 36.3 Å². The average Bonchev–Trinajstić information content (AvgIpc) is 2.70. The fourth-order valence-corrected chi connectivity index (χ4v) is 2.32. The standard InChI is InChI=1S/C10H13ClN5O3P/c11-8-7-9(15-10(12)14-8)16(6-13-7)4-2-1-3-5-20(17,18)19/h3,5-6H,1-2,4H2,(H2,12,14,15)(H2,17,18,19). The SMILES string of the molecule is Nc1nc(Cl)c2ncn(CCCC=CP(=O)(O)O)c2n1. The smallest absolute Gasteiger partial charge is 0.348 e. The van der Waals surface area contributed by atoms with E-state index in [0.29, 0.717) is 30.6 Å². The molecule has 0 aromatic carbocycles. The first-order valence-corrected chi connectivity index (χ1v) is 7.79. The van der Waals surface area contributed by atoms with E-state index in [1.165, 1.54) is 6.08 Å². The normalized spacial score (nSPS) is 12.6. The van der Waals surface area contributed by atoms with Crippen LogP contribution in [0.4, 0.5) is 5.95 Å². The predicted molar refractivity (Wildman–Crippen MR) is 75.2 cm³/mol. The summed E-state index contributed by atoms with van der Waals surface area (Å²) in [6.07, 6.45) is 4.23. The zero-order valence-electron chi connectivity index (χ0n) is 10.3. The first-order chi connectivity index (χ1) is 9.37. The average molecular weight is 318 g/mol. The molecule has 20 heavy (non-hydrogen) atoms. The Balaban J connectivity index is 2.04. The van der Waals surface area contributed by atoms with E-state index in [9.17, 15) is 4.57 Å². The van der Waals surface area contributed by atoms with E-state index < -0.39 is 7.60 Å². The van der Waals surface area contributed by atoms with Gasteiger partial charge in [0.2, 0.25) is 5.95 Å². The Bertz CT molecular complexity index is 696. The van der Waals surface area contributed by atoms with Gasteiger partial charge >= 0.3 is 7.60 Å². The number of nitrogen functional groups attached to an aromatic ring is 1. The molecule has 2 aromatic heterocycles. The second kappa shape index (κ2) is 5.88. The van der Waals surface area contributed by atoms with Crippen LogP contribution in [-0.2, 0) is 11.1 Å². The Morgan fingerprint density at radius 3 is 2.90 bits per heavy atom. The Hall–Kier alpha value is -1.47. The number of fused-ring (bicyclic) bond motifs is 1. The van der Waals surface area contributed by atoms with Gasteiger partial charge in [-0.1, -0.05) is 17.7 Å². The number of rotatable bonds is 5. The van der Waals surface area contributed by atoms with E-state index in [4.69, 9.17) is 27.1 Å². The molecule has 0 spiro atoms. The van der Waals surface area contributed by atoms with E-state index in [-0.39, 0.29) is 11.1 Å². The van der Waals surface area contributed by atoms with Gasteiger partial charge in [-0.2, -0.15) is 9.97 Å². The Morgan fingerprint density at radius 2 is 2.20 bits per heavy atom. The summed E-state index contributed by atoms with van der Waals surface area (Å²) in [5, 5.41) is 0.202. The quantitative estimate of drug-likeness (QED) is 0.433. The summed E-state index contributed by atoms with van der Waals surface area (Å²) in [7, 11) is -4.07. The minimum atomic E-state index is -4.07. The van der Waals surface area contributed by atoms with Gasteiger partial charge in [0.15, 0.2) is 10.8 Å². The molecule has 0 fully saturated rings. The van der Waals surface area contributed by atoms with Crippen LogP contribution in [0.5, 0.6) is 0 Å². The number of allylic oxidation sites excluding steroid dienone is 1. The second-order valence-corrected chi connectivity index (χ2v) is 5.93. The van der Waals surface area contributed by atoms with Crippen molar-refractivity contribution in [3.05, 3.63) is 23.4 Å². The number of imidazole rings is 1. The monoisotopic (exact) mass is 317 g/mol. The Morgan fingerprint density at radius 1 is 1.45 bits per heavy atom. The number of aromatic nitrogens is 4. The molecule has 0 aliphatic carbocycles. The molecular formula is C10H13ClN5O3P. The van der Waals surface area contributed by atoms with Crippen molar-refractivity contribution < 1.29 is 14.4 Å². The lowest BCUT2D eigenvalue weighted by molar-refractivity contribution is 0.386. The fraction of sp³-hybridized carbons (Fsp3) is 0.300. The molecule has 0 bridgehead atoms. The molecule has 0 saturated heterocycles. The molecular weight excluding hydrogens is 305 g/mol. The summed E-state index contributed by atoms with van der Waals surface area (Å²) in [4.78, 5) is 29.3. The number of nitrogens with zero attached hydrogens (tertiary/aromatic N) is 4.